The molecule has 2 fully saturated rings. The molecule has 0 bridgehead atoms. The van der Waals surface area contributed by atoms with Gasteiger partial charge in [-0.2, -0.15) is 0 Å². The highest BCUT2D eigenvalue weighted by Crippen LogP contribution is 2.39. The summed E-state index contributed by atoms with van der Waals surface area (Å²) in [6.07, 6.45) is 3.59. The zero-order valence-electron chi connectivity index (χ0n) is 11.9. The molecule has 0 amide bonds. The largest absolute Gasteiger partial charge is 0.469 e. The summed E-state index contributed by atoms with van der Waals surface area (Å²) in [5.41, 5.74) is 0. The third kappa shape index (κ3) is 3.91. The second-order valence-corrected chi connectivity index (χ2v) is 5.55. The van der Waals surface area contributed by atoms with E-state index in [4.69, 9.17) is 9.47 Å². The van der Waals surface area contributed by atoms with Crippen LogP contribution in [0.1, 0.15) is 44.9 Å². The molecule has 0 aromatic rings. The summed E-state index contributed by atoms with van der Waals surface area (Å²) in [5, 5.41) is 19.2. The lowest BCUT2D eigenvalue weighted by molar-refractivity contribution is -0.152. The molecule has 0 aliphatic carbocycles. The molecule has 2 heterocycles. The van der Waals surface area contributed by atoms with Crippen molar-refractivity contribution < 1.29 is 29.2 Å². The fourth-order valence-corrected chi connectivity index (χ4v) is 3.01. The van der Waals surface area contributed by atoms with Gasteiger partial charge in [-0.15, -0.1) is 0 Å². The second kappa shape index (κ2) is 7.36. The van der Waals surface area contributed by atoms with E-state index in [2.05, 4.69) is 4.74 Å². The normalized spacial score (nSPS) is 36.0. The van der Waals surface area contributed by atoms with Crippen LogP contribution in [0.3, 0.4) is 0 Å². The van der Waals surface area contributed by atoms with E-state index in [1.54, 1.807) is 0 Å². The van der Waals surface area contributed by atoms with Crippen LogP contribution in [0.4, 0.5) is 0 Å². The Labute approximate surface area is 119 Å². The number of aliphatic hydroxyl groups is 2. The van der Waals surface area contributed by atoms with E-state index in [1.165, 1.54) is 7.11 Å². The van der Waals surface area contributed by atoms with Crippen molar-refractivity contribution in [3.05, 3.63) is 0 Å². The maximum Gasteiger partial charge on any atom is 0.305 e. The third-order valence-corrected chi connectivity index (χ3v) is 4.10. The highest BCUT2D eigenvalue weighted by atomic mass is 16.7. The standard InChI is InChI=1S/C14H24O6/c1-18-11(15)7-5-3-2-4-6-10-13-9(14(17)19-10)8-12(16)20-13/h9-10,12-14,16-17H,2-8H2,1H3/t9-,10+,12?,13+,14-/m0/s1. The number of esters is 1. The van der Waals surface area contributed by atoms with Gasteiger partial charge in [0.1, 0.15) is 0 Å². The van der Waals surface area contributed by atoms with Crippen LogP contribution in [0.5, 0.6) is 0 Å². The number of hydrogen-bond acceptors (Lipinski definition) is 6. The quantitative estimate of drug-likeness (QED) is 0.536. The van der Waals surface area contributed by atoms with Crippen LogP contribution in [0.2, 0.25) is 0 Å². The lowest BCUT2D eigenvalue weighted by Gasteiger charge is -2.17. The Bertz CT molecular complexity index is 321. The SMILES string of the molecule is COC(=O)CCCCCC[C@H]1O[C@H](O)[C@H]2CC(O)O[C@H]21. The number of carbonyl (C=O) groups excluding carboxylic acids is 1. The predicted molar refractivity (Wildman–Crippen MR) is 69.6 cm³/mol. The zero-order valence-corrected chi connectivity index (χ0v) is 11.9. The van der Waals surface area contributed by atoms with E-state index in [-0.39, 0.29) is 24.1 Å². The zero-order chi connectivity index (χ0) is 14.5. The highest BCUT2D eigenvalue weighted by Gasteiger charge is 2.50. The minimum Gasteiger partial charge on any atom is -0.469 e. The van der Waals surface area contributed by atoms with E-state index in [9.17, 15) is 15.0 Å². The number of methoxy groups -OCH3 is 1. The molecular weight excluding hydrogens is 264 g/mol. The average Bonchev–Trinajstić information content (AvgIpc) is 2.93. The van der Waals surface area contributed by atoms with Crippen LogP contribution < -0.4 is 0 Å². The fraction of sp³-hybridized carbons (Fsp3) is 0.929. The van der Waals surface area contributed by atoms with Gasteiger partial charge in [0.15, 0.2) is 12.6 Å². The van der Waals surface area contributed by atoms with Crippen LogP contribution >= 0.6 is 0 Å². The Hall–Kier alpha value is -0.690. The van der Waals surface area contributed by atoms with Crippen LogP contribution in [0.15, 0.2) is 0 Å². The summed E-state index contributed by atoms with van der Waals surface area (Å²) >= 11 is 0. The minimum absolute atomic E-state index is 0.102. The Morgan fingerprint density at radius 1 is 1.20 bits per heavy atom. The van der Waals surface area contributed by atoms with Gasteiger partial charge in [-0.1, -0.05) is 19.3 Å². The van der Waals surface area contributed by atoms with Gasteiger partial charge in [0, 0.05) is 18.8 Å². The second-order valence-electron chi connectivity index (χ2n) is 5.55. The Morgan fingerprint density at radius 3 is 2.70 bits per heavy atom. The van der Waals surface area contributed by atoms with Crippen LogP contribution in [-0.4, -0.2) is 48.1 Å². The van der Waals surface area contributed by atoms with Crippen LogP contribution in [0.25, 0.3) is 0 Å². The molecular formula is C14H24O6. The number of unbranched alkanes of at least 4 members (excludes halogenated alkanes) is 3. The van der Waals surface area contributed by atoms with Crippen molar-refractivity contribution >= 4 is 5.97 Å². The molecule has 1 unspecified atom stereocenters. The molecule has 2 aliphatic heterocycles. The highest BCUT2D eigenvalue weighted by molar-refractivity contribution is 5.68. The molecule has 5 atom stereocenters. The molecule has 0 spiro atoms. The van der Waals surface area contributed by atoms with E-state index in [0.717, 1.165) is 32.1 Å². The van der Waals surface area contributed by atoms with E-state index in [0.29, 0.717) is 12.8 Å². The predicted octanol–water partition coefficient (Wildman–Crippen LogP) is 0.941. The fourth-order valence-electron chi connectivity index (χ4n) is 3.01. The van der Waals surface area contributed by atoms with Crippen molar-refractivity contribution in [3.8, 4) is 0 Å². The van der Waals surface area contributed by atoms with Gasteiger partial charge in [-0.25, -0.2) is 0 Å². The molecule has 2 aliphatic rings. The van der Waals surface area contributed by atoms with Crippen LogP contribution in [0, 0.1) is 5.92 Å². The number of hydrogen-bond donors (Lipinski definition) is 2. The molecule has 0 saturated carbocycles. The topological polar surface area (TPSA) is 85.2 Å². The van der Waals surface area contributed by atoms with Gasteiger partial charge in [0.05, 0.1) is 19.3 Å². The first-order valence-corrected chi connectivity index (χ1v) is 7.35. The first kappa shape index (κ1) is 15.7. The molecule has 2 saturated heterocycles. The van der Waals surface area contributed by atoms with Crippen molar-refractivity contribution in [2.24, 2.45) is 5.92 Å². The van der Waals surface area contributed by atoms with Crippen molar-refractivity contribution in [3.63, 3.8) is 0 Å². The summed E-state index contributed by atoms with van der Waals surface area (Å²) in [6, 6.07) is 0. The summed E-state index contributed by atoms with van der Waals surface area (Å²) in [5.74, 6) is -0.266. The van der Waals surface area contributed by atoms with Crippen molar-refractivity contribution in [2.75, 3.05) is 7.11 Å². The van der Waals surface area contributed by atoms with E-state index < -0.39 is 12.6 Å². The first-order valence-electron chi connectivity index (χ1n) is 7.35. The number of fused-ring (bicyclic) bond motifs is 1. The van der Waals surface area contributed by atoms with E-state index in [1.807, 2.05) is 0 Å². The third-order valence-electron chi connectivity index (χ3n) is 4.10. The molecule has 6 heteroatoms. The summed E-state index contributed by atoms with van der Waals surface area (Å²) in [6.45, 7) is 0. The maximum atomic E-state index is 10.9. The summed E-state index contributed by atoms with van der Waals surface area (Å²) in [7, 11) is 1.40. The van der Waals surface area contributed by atoms with Crippen molar-refractivity contribution in [1.29, 1.82) is 0 Å². The average molecular weight is 288 g/mol. The number of ether oxygens (including phenoxy) is 3. The minimum atomic E-state index is -0.818. The van der Waals surface area contributed by atoms with Gasteiger partial charge in [-0.3, -0.25) is 4.79 Å². The number of rotatable bonds is 7. The smallest absolute Gasteiger partial charge is 0.305 e. The van der Waals surface area contributed by atoms with Crippen molar-refractivity contribution in [2.45, 2.75) is 69.7 Å². The van der Waals surface area contributed by atoms with E-state index >= 15 is 0 Å². The molecule has 20 heavy (non-hydrogen) atoms. The summed E-state index contributed by atoms with van der Waals surface area (Å²) < 4.78 is 15.5. The monoisotopic (exact) mass is 288 g/mol. The lowest BCUT2D eigenvalue weighted by Crippen LogP contribution is -2.25. The number of aliphatic hydroxyl groups excluding tert-OH is 2. The molecule has 2 N–H and O–H groups in total. The molecule has 116 valence electrons. The summed E-state index contributed by atoms with van der Waals surface area (Å²) in [4.78, 5) is 10.9. The van der Waals surface area contributed by atoms with Gasteiger partial charge in [0.2, 0.25) is 0 Å². The van der Waals surface area contributed by atoms with Crippen molar-refractivity contribution in [1.82, 2.24) is 0 Å². The maximum absolute atomic E-state index is 10.9. The molecule has 0 radical (unpaired) electrons. The van der Waals surface area contributed by atoms with Crippen LogP contribution in [-0.2, 0) is 19.0 Å². The van der Waals surface area contributed by atoms with Gasteiger partial charge < -0.3 is 24.4 Å². The molecule has 2 rings (SSSR count). The Morgan fingerprint density at radius 2 is 1.95 bits per heavy atom. The van der Waals surface area contributed by atoms with Gasteiger partial charge in [0.25, 0.3) is 0 Å². The molecule has 6 nitrogen and oxygen atoms in total. The first-order chi connectivity index (χ1) is 9.61. The Kier molecular flexibility index (Phi) is 5.77. The molecule has 0 aromatic heterocycles. The number of carbonyl (C=O) groups is 1. The Balaban J connectivity index is 1.59. The lowest BCUT2D eigenvalue weighted by atomic mass is 9.97. The van der Waals surface area contributed by atoms with Gasteiger partial charge >= 0.3 is 5.97 Å². The van der Waals surface area contributed by atoms with Gasteiger partial charge in [-0.05, 0) is 12.8 Å². The molecule has 0 aromatic carbocycles.